The molecule has 3 heteroatoms. The monoisotopic (exact) mass is 215 g/mol. The van der Waals surface area contributed by atoms with E-state index in [1.54, 1.807) is 0 Å². The Morgan fingerprint density at radius 1 is 1.31 bits per heavy atom. The van der Waals surface area contributed by atoms with Crippen LogP contribution in [0.5, 0.6) is 0 Å². The zero-order valence-corrected chi connectivity index (χ0v) is 9.72. The molecule has 0 aliphatic carbocycles. The van der Waals surface area contributed by atoms with Crippen molar-refractivity contribution < 1.29 is 0 Å². The average Bonchev–Trinajstić information content (AvgIpc) is 2.61. The van der Waals surface area contributed by atoms with E-state index in [0.29, 0.717) is 0 Å². The quantitative estimate of drug-likeness (QED) is 0.850. The molecule has 0 radical (unpaired) electrons. The van der Waals surface area contributed by atoms with Gasteiger partial charge in [-0.15, -0.1) is 0 Å². The topological polar surface area (TPSA) is 43.8 Å². The van der Waals surface area contributed by atoms with Gasteiger partial charge in [0.1, 0.15) is 0 Å². The fourth-order valence-corrected chi connectivity index (χ4v) is 1.87. The van der Waals surface area contributed by atoms with Gasteiger partial charge >= 0.3 is 0 Å². The van der Waals surface area contributed by atoms with Crippen molar-refractivity contribution in [3.63, 3.8) is 0 Å². The molecule has 0 aliphatic heterocycles. The van der Waals surface area contributed by atoms with Crippen molar-refractivity contribution in [1.82, 2.24) is 9.78 Å². The number of nitrogens with zero attached hydrogens (tertiary/aromatic N) is 2. The molecule has 0 aliphatic rings. The van der Waals surface area contributed by atoms with Crippen molar-refractivity contribution in [3.8, 4) is 11.1 Å². The summed E-state index contributed by atoms with van der Waals surface area (Å²) in [7, 11) is 1.96. The molecule has 1 heterocycles. The maximum Gasteiger partial charge on any atom is 0.0571 e. The normalized spacial score (nSPS) is 12.7. The molecule has 0 amide bonds. The highest BCUT2D eigenvalue weighted by Gasteiger charge is 2.11. The largest absolute Gasteiger partial charge is 0.328 e. The molecule has 1 aromatic heterocycles. The second-order valence-electron chi connectivity index (χ2n) is 4.18. The summed E-state index contributed by atoms with van der Waals surface area (Å²) in [6.07, 6.45) is 2.76. The lowest BCUT2D eigenvalue weighted by Gasteiger charge is -2.08. The van der Waals surface area contributed by atoms with E-state index in [-0.39, 0.29) is 6.04 Å². The third-order valence-electron chi connectivity index (χ3n) is 2.66. The lowest BCUT2D eigenvalue weighted by molar-refractivity contribution is 0.651. The zero-order valence-electron chi connectivity index (χ0n) is 9.72. The minimum Gasteiger partial charge on any atom is -0.328 e. The number of aromatic nitrogens is 2. The standard InChI is InChI=1S/C13H17N3/c1-10(14)8-13-12(9-15-16(13)2)11-6-4-3-5-7-11/h3-7,9-10H,8,14H2,1-2H3. The average molecular weight is 215 g/mol. The van der Waals surface area contributed by atoms with Gasteiger partial charge in [0.05, 0.1) is 6.20 Å². The van der Waals surface area contributed by atoms with Crippen LogP contribution >= 0.6 is 0 Å². The van der Waals surface area contributed by atoms with E-state index in [1.807, 2.05) is 43.0 Å². The van der Waals surface area contributed by atoms with Crippen LogP contribution < -0.4 is 5.73 Å². The van der Waals surface area contributed by atoms with E-state index in [2.05, 4.69) is 17.2 Å². The molecule has 2 rings (SSSR count). The van der Waals surface area contributed by atoms with Crippen LogP contribution in [0.2, 0.25) is 0 Å². The van der Waals surface area contributed by atoms with Crippen molar-refractivity contribution in [1.29, 1.82) is 0 Å². The molecule has 0 bridgehead atoms. The molecule has 0 saturated carbocycles. The number of benzene rings is 1. The Morgan fingerprint density at radius 2 is 2.00 bits per heavy atom. The lowest BCUT2D eigenvalue weighted by atomic mass is 10.0. The van der Waals surface area contributed by atoms with E-state index in [0.717, 1.165) is 6.42 Å². The highest BCUT2D eigenvalue weighted by atomic mass is 15.3. The molecule has 16 heavy (non-hydrogen) atoms. The smallest absolute Gasteiger partial charge is 0.0571 e. The molecule has 1 atom stereocenters. The third kappa shape index (κ3) is 2.14. The Morgan fingerprint density at radius 3 is 2.62 bits per heavy atom. The van der Waals surface area contributed by atoms with Crippen molar-refractivity contribution in [2.24, 2.45) is 12.8 Å². The van der Waals surface area contributed by atoms with Crippen LogP contribution in [0.15, 0.2) is 36.5 Å². The number of rotatable bonds is 3. The highest BCUT2D eigenvalue weighted by molar-refractivity contribution is 5.65. The summed E-state index contributed by atoms with van der Waals surface area (Å²) in [6, 6.07) is 10.4. The fourth-order valence-electron chi connectivity index (χ4n) is 1.87. The number of nitrogens with two attached hydrogens (primary N) is 1. The molecule has 1 unspecified atom stereocenters. The molecular formula is C13H17N3. The summed E-state index contributed by atoms with van der Waals surface area (Å²) >= 11 is 0. The van der Waals surface area contributed by atoms with Crippen LogP contribution in [0, 0.1) is 0 Å². The first-order valence-corrected chi connectivity index (χ1v) is 5.50. The van der Waals surface area contributed by atoms with Gasteiger partial charge in [-0.1, -0.05) is 30.3 Å². The van der Waals surface area contributed by atoms with Gasteiger partial charge in [0.2, 0.25) is 0 Å². The van der Waals surface area contributed by atoms with E-state index in [9.17, 15) is 0 Å². The Kier molecular flexibility index (Phi) is 3.06. The van der Waals surface area contributed by atoms with Gasteiger partial charge in [-0.05, 0) is 12.5 Å². The highest BCUT2D eigenvalue weighted by Crippen LogP contribution is 2.23. The van der Waals surface area contributed by atoms with E-state index < -0.39 is 0 Å². The van der Waals surface area contributed by atoms with Crippen molar-refractivity contribution in [2.75, 3.05) is 0 Å². The van der Waals surface area contributed by atoms with Crippen molar-refractivity contribution >= 4 is 0 Å². The molecule has 84 valence electrons. The second kappa shape index (κ2) is 4.49. The van der Waals surface area contributed by atoms with Gasteiger partial charge in [-0.25, -0.2) is 0 Å². The summed E-state index contributed by atoms with van der Waals surface area (Å²) in [5.74, 6) is 0. The van der Waals surface area contributed by atoms with E-state index in [1.165, 1.54) is 16.8 Å². The molecular weight excluding hydrogens is 198 g/mol. The van der Waals surface area contributed by atoms with Crippen LogP contribution in [0.3, 0.4) is 0 Å². The number of hydrogen-bond donors (Lipinski definition) is 1. The molecule has 0 spiro atoms. The molecule has 1 aromatic carbocycles. The zero-order chi connectivity index (χ0) is 11.5. The Labute approximate surface area is 95.9 Å². The number of aryl methyl sites for hydroxylation is 1. The molecule has 0 saturated heterocycles. The van der Waals surface area contributed by atoms with Crippen LogP contribution in [-0.4, -0.2) is 15.8 Å². The molecule has 0 fully saturated rings. The fraction of sp³-hybridized carbons (Fsp3) is 0.308. The number of hydrogen-bond acceptors (Lipinski definition) is 2. The predicted molar refractivity (Wildman–Crippen MR) is 66.0 cm³/mol. The summed E-state index contributed by atoms with van der Waals surface area (Å²) in [4.78, 5) is 0. The van der Waals surface area contributed by atoms with Gasteiger partial charge in [-0.2, -0.15) is 5.10 Å². The summed E-state index contributed by atoms with van der Waals surface area (Å²) in [6.45, 7) is 2.02. The van der Waals surface area contributed by atoms with Crippen molar-refractivity contribution in [2.45, 2.75) is 19.4 Å². The Bertz CT molecular complexity index is 457. The van der Waals surface area contributed by atoms with Gasteiger partial charge in [0.15, 0.2) is 0 Å². The molecule has 2 aromatic rings. The first-order chi connectivity index (χ1) is 7.68. The van der Waals surface area contributed by atoms with E-state index in [4.69, 9.17) is 5.73 Å². The molecule has 2 N–H and O–H groups in total. The van der Waals surface area contributed by atoms with Crippen LogP contribution in [0.4, 0.5) is 0 Å². The van der Waals surface area contributed by atoms with E-state index >= 15 is 0 Å². The minimum absolute atomic E-state index is 0.151. The van der Waals surface area contributed by atoms with Crippen LogP contribution in [0.25, 0.3) is 11.1 Å². The first kappa shape index (κ1) is 10.9. The van der Waals surface area contributed by atoms with Gasteiger partial charge in [-0.3, -0.25) is 4.68 Å². The SMILES string of the molecule is CC(N)Cc1c(-c2ccccc2)cnn1C. The Hall–Kier alpha value is -1.61. The van der Waals surface area contributed by atoms with Crippen LogP contribution in [-0.2, 0) is 13.5 Å². The molecule has 3 nitrogen and oxygen atoms in total. The predicted octanol–water partition coefficient (Wildman–Crippen LogP) is 1.98. The summed E-state index contributed by atoms with van der Waals surface area (Å²) in [5.41, 5.74) is 9.44. The van der Waals surface area contributed by atoms with Gasteiger partial charge in [0.25, 0.3) is 0 Å². The maximum atomic E-state index is 5.86. The third-order valence-corrected chi connectivity index (χ3v) is 2.66. The summed E-state index contributed by atoms with van der Waals surface area (Å²) < 4.78 is 1.91. The maximum absolute atomic E-state index is 5.86. The second-order valence-corrected chi connectivity index (χ2v) is 4.18. The first-order valence-electron chi connectivity index (χ1n) is 5.50. The van der Waals surface area contributed by atoms with Crippen molar-refractivity contribution in [3.05, 3.63) is 42.2 Å². The minimum atomic E-state index is 0.151. The van der Waals surface area contributed by atoms with Gasteiger partial charge < -0.3 is 5.73 Å². The van der Waals surface area contributed by atoms with Crippen LogP contribution in [0.1, 0.15) is 12.6 Å². The van der Waals surface area contributed by atoms with Gasteiger partial charge in [0, 0.05) is 30.8 Å². The lowest BCUT2D eigenvalue weighted by Crippen LogP contribution is -2.20. The Balaban J connectivity index is 2.42. The summed E-state index contributed by atoms with van der Waals surface area (Å²) in [5, 5.41) is 4.31.